The van der Waals surface area contributed by atoms with Gasteiger partial charge in [-0.1, -0.05) is 20.8 Å². The molecule has 0 saturated heterocycles. The molecule has 4 aromatic rings. The van der Waals surface area contributed by atoms with Gasteiger partial charge in [0.1, 0.15) is 25.9 Å². The summed E-state index contributed by atoms with van der Waals surface area (Å²) < 4.78 is 69.0. The molecular formula is C31H31N7Na2O9S2. The van der Waals surface area contributed by atoms with Crippen molar-refractivity contribution in [2.75, 3.05) is 36.5 Å². The summed E-state index contributed by atoms with van der Waals surface area (Å²) in [6.45, 7) is 6.58. The SMILES string of the molecule is CC(C)(C)C1=Nn2nc(-c3ccc(NC(=O)c4cc(S(=O)(=O)[O-])cc(S(=O)(=O)[O-])c4)cc3)nc2C1=Nc1ccc(N(CCO)CCO)cc1.[Na+].[Na+]. The summed E-state index contributed by atoms with van der Waals surface area (Å²) >= 11 is 0. The molecule has 0 atom stereocenters. The number of amides is 1. The molecule has 1 aromatic heterocycles. The summed E-state index contributed by atoms with van der Waals surface area (Å²) in [6.07, 6.45) is 0. The smallest absolute Gasteiger partial charge is 0.744 e. The van der Waals surface area contributed by atoms with Crippen molar-refractivity contribution in [3.63, 3.8) is 0 Å². The first kappa shape index (κ1) is 42.6. The van der Waals surface area contributed by atoms with E-state index < -0.39 is 46.9 Å². The van der Waals surface area contributed by atoms with Gasteiger partial charge in [0.25, 0.3) is 5.91 Å². The van der Waals surface area contributed by atoms with Crippen molar-refractivity contribution in [3.8, 4) is 11.4 Å². The summed E-state index contributed by atoms with van der Waals surface area (Å²) in [4.78, 5) is 23.5. The Balaban J connectivity index is 0.00000351. The first-order valence-electron chi connectivity index (χ1n) is 14.7. The first-order chi connectivity index (χ1) is 23.0. The Morgan fingerprint density at radius 2 is 1.43 bits per heavy atom. The Hall–Kier alpha value is -2.85. The van der Waals surface area contributed by atoms with Gasteiger partial charge in [-0.25, -0.2) is 26.8 Å². The van der Waals surface area contributed by atoms with Crippen LogP contribution in [0.25, 0.3) is 11.4 Å². The van der Waals surface area contributed by atoms with Gasteiger partial charge in [-0.15, -0.1) is 9.89 Å². The van der Waals surface area contributed by atoms with Gasteiger partial charge >= 0.3 is 59.1 Å². The second-order valence-corrected chi connectivity index (χ2v) is 14.7. The number of rotatable bonds is 11. The van der Waals surface area contributed by atoms with Crippen LogP contribution >= 0.6 is 0 Å². The van der Waals surface area contributed by atoms with Crippen molar-refractivity contribution in [3.05, 3.63) is 78.1 Å². The zero-order chi connectivity index (χ0) is 35.7. The van der Waals surface area contributed by atoms with E-state index in [1.807, 2.05) is 49.9 Å². The molecule has 0 fully saturated rings. The molecule has 20 heteroatoms. The summed E-state index contributed by atoms with van der Waals surface area (Å²) in [5, 5.41) is 30.4. The first-order valence-corrected chi connectivity index (χ1v) is 17.5. The van der Waals surface area contributed by atoms with Gasteiger partial charge in [0.05, 0.1) is 34.4 Å². The molecule has 258 valence electrons. The topological polar surface area (TPSA) is 243 Å². The summed E-state index contributed by atoms with van der Waals surface area (Å²) in [5.74, 6) is -0.259. The van der Waals surface area contributed by atoms with E-state index in [-0.39, 0.29) is 78.0 Å². The molecule has 3 aromatic carbocycles. The molecule has 0 unspecified atom stereocenters. The van der Waals surface area contributed by atoms with Gasteiger partial charge in [0.15, 0.2) is 5.82 Å². The Morgan fingerprint density at radius 3 is 1.92 bits per heavy atom. The maximum absolute atomic E-state index is 12.8. The fourth-order valence-corrected chi connectivity index (χ4v) is 6.04. The molecule has 0 saturated carbocycles. The summed E-state index contributed by atoms with van der Waals surface area (Å²) in [5.41, 5.74) is 2.46. The third-order valence-corrected chi connectivity index (χ3v) is 8.87. The van der Waals surface area contributed by atoms with Gasteiger partial charge in [-0.2, -0.15) is 5.10 Å². The van der Waals surface area contributed by atoms with E-state index in [1.165, 1.54) is 16.9 Å². The van der Waals surface area contributed by atoms with Crippen LogP contribution in [-0.4, -0.2) is 94.7 Å². The van der Waals surface area contributed by atoms with Crippen molar-refractivity contribution in [1.29, 1.82) is 0 Å². The minimum atomic E-state index is -5.18. The van der Waals surface area contributed by atoms with E-state index in [4.69, 9.17) is 4.99 Å². The quantitative estimate of drug-likeness (QED) is 0.0986. The number of anilines is 2. The van der Waals surface area contributed by atoms with Crippen molar-refractivity contribution >= 4 is 54.6 Å². The average molecular weight is 756 g/mol. The minimum Gasteiger partial charge on any atom is -0.744 e. The second kappa shape index (κ2) is 16.9. The van der Waals surface area contributed by atoms with Crippen LogP contribution in [0.1, 0.15) is 37.0 Å². The van der Waals surface area contributed by atoms with E-state index in [0.717, 1.165) is 5.69 Å². The third kappa shape index (κ3) is 10.2. The van der Waals surface area contributed by atoms with E-state index >= 15 is 0 Å². The number of aromatic nitrogens is 3. The van der Waals surface area contributed by atoms with Gasteiger partial charge in [0.2, 0.25) is 5.82 Å². The largest absolute Gasteiger partial charge is 1.00 e. The van der Waals surface area contributed by atoms with Crippen molar-refractivity contribution in [2.45, 2.75) is 30.6 Å². The van der Waals surface area contributed by atoms with Crippen molar-refractivity contribution in [1.82, 2.24) is 14.9 Å². The molecule has 5 rings (SSSR count). The molecule has 2 heterocycles. The number of nitrogens with one attached hydrogen (secondary N) is 1. The predicted octanol–water partition coefficient (Wildman–Crippen LogP) is -3.81. The Morgan fingerprint density at radius 1 is 0.882 bits per heavy atom. The van der Waals surface area contributed by atoms with E-state index in [9.17, 15) is 40.9 Å². The monoisotopic (exact) mass is 755 g/mol. The Kier molecular flexibility index (Phi) is 14.1. The molecule has 1 aliphatic heterocycles. The van der Waals surface area contributed by atoms with Crippen molar-refractivity contribution < 1.29 is 100 Å². The Labute approximate surface area is 338 Å². The maximum Gasteiger partial charge on any atom is 1.00 e. The predicted molar refractivity (Wildman–Crippen MR) is 177 cm³/mol. The number of hydrogen-bond donors (Lipinski definition) is 3. The van der Waals surface area contributed by atoms with Crippen molar-refractivity contribution in [2.24, 2.45) is 15.5 Å². The fourth-order valence-electron chi connectivity index (χ4n) is 4.88. The molecular weight excluding hydrogens is 724 g/mol. The number of carbonyl (C=O) groups is 1. The molecule has 0 spiro atoms. The molecule has 1 amide bonds. The minimum absolute atomic E-state index is 0. The molecule has 1 aliphatic rings. The standard InChI is InChI=1S/C31H33N7O9S2.2Na/c1-31(2,3)27-26(32-21-8-10-23(11-9-21)37(12-14-39)13-15-40)29-34-28(36-38(29)35-27)19-4-6-22(7-5-19)33-30(41)20-16-24(48(42,43)44)18-25(17-20)49(45,46)47;;/h4-11,16-18,39-40H,12-15H2,1-3H3,(H,33,41)(H,42,43,44)(H,45,46,47);;/q;2*+1/p-2. The summed E-state index contributed by atoms with van der Waals surface area (Å²) in [6, 6.07) is 15.3. The van der Waals surface area contributed by atoms with Gasteiger partial charge in [0, 0.05) is 41.0 Å². The number of nitrogens with zero attached hydrogens (tertiary/aromatic N) is 6. The Bertz CT molecular complexity index is 2130. The average Bonchev–Trinajstić information content (AvgIpc) is 3.60. The fraction of sp³-hybridized carbons (Fsp3) is 0.258. The third-order valence-electron chi connectivity index (χ3n) is 7.25. The number of hydrogen-bond acceptors (Lipinski definition) is 14. The van der Waals surface area contributed by atoms with Gasteiger partial charge in [-0.3, -0.25) is 4.79 Å². The normalized spacial score (nSPS) is 13.5. The van der Waals surface area contributed by atoms with E-state index in [0.29, 0.717) is 65.6 Å². The number of aliphatic hydroxyl groups excluding tert-OH is 2. The zero-order valence-corrected chi connectivity index (χ0v) is 34.1. The van der Waals surface area contributed by atoms with Gasteiger partial charge in [-0.05, 0) is 66.7 Å². The van der Waals surface area contributed by atoms with Crippen LogP contribution in [0.15, 0.2) is 86.6 Å². The number of aliphatic hydroxyl groups is 2. The number of carbonyl (C=O) groups excluding carboxylic acids is 1. The number of benzene rings is 3. The van der Waals surface area contributed by atoms with Crippen LogP contribution in [0.3, 0.4) is 0 Å². The van der Waals surface area contributed by atoms with Crippen LogP contribution in [-0.2, 0) is 20.2 Å². The van der Waals surface area contributed by atoms with Gasteiger partial charge < -0.3 is 29.5 Å². The molecule has 16 nitrogen and oxygen atoms in total. The van der Waals surface area contributed by atoms with E-state index in [2.05, 4.69) is 20.5 Å². The molecule has 0 radical (unpaired) electrons. The number of aliphatic imine (C=N–C) groups is 1. The van der Waals surface area contributed by atoms with Crippen LogP contribution in [0.2, 0.25) is 0 Å². The van der Waals surface area contributed by atoms with Crippen LogP contribution < -0.4 is 69.3 Å². The van der Waals surface area contributed by atoms with Crippen LogP contribution in [0, 0.1) is 5.41 Å². The van der Waals surface area contributed by atoms with E-state index in [1.54, 1.807) is 12.1 Å². The maximum atomic E-state index is 12.8. The van der Waals surface area contributed by atoms with Crippen LogP contribution in [0.5, 0.6) is 0 Å². The summed E-state index contributed by atoms with van der Waals surface area (Å²) in [7, 11) is -10.4. The zero-order valence-electron chi connectivity index (χ0n) is 28.4. The number of fused-ring (bicyclic) bond motifs is 1. The molecule has 51 heavy (non-hydrogen) atoms. The second-order valence-electron chi connectivity index (χ2n) is 11.9. The molecule has 0 aliphatic carbocycles. The molecule has 0 bridgehead atoms. The molecule has 3 N–H and O–H groups in total. The van der Waals surface area contributed by atoms with Crippen LogP contribution in [0.4, 0.5) is 17.1 Å².